The number of rotatable bonds is 3. The number of hydrogen-bond donors (Lipinski definition) is 1. The van der Waals surface area contributed by atoms with Crippen LogP contribution in [0.4, 0.5) is 10.1 Å². The third-order valence-corrected chi connectivity index (χ3v) is 1.98. The smallest absolute Gasteiger partial charge is 0.228 e. The lowest BCUT2D eigenvalue weighted by Crippen LogP contribution is -2.19. The van der Waals surface area contributed by atoms with Crippen molar-refractivity contribution in [2.75, 3.05) is 5.32 Å². The van der Waals surface area contributed by atoms with Crippen molar-refractivity contribution < 1.29 is 9.18 Å². The fraction of sp³-hybridized carbons (Fsp3) is 0.250. The van der Waals surface area contributed by atoms with E-state index < -0.39 is 0 Å². The zero-order valence-electron chi connectivity index (χ0n) is 8.46. The van der Waals surface area contributed by atoms with E-state index in [4.69, 9.17) is 6.42 Å². The SMILES string of the molecule is C#CCC(C)C(=O)Nc1ccc(F)cc1. The highest BCUT2D eigenvalue weighted by atomic mass is 19.1. The molecule has 0 aliphatic rings. The van der Waals surface area contributed by atoms with Crippen molar-refractivity contribution in [1.29, 1.82) is 0 Å². The lowest BCUT2D eigenvalue weighted by atomic mass is 10.1. The molecule has 1 N–H and O–H groups in total. The normalized spacial score (nSPS) is 11.5. The first-order valence-corrected chi connectivity index (χ1v) is 4.63. The van der Waals surface area contributed by atoms with Crippen LogP contribution >= 0.6 is 0 Å². The predicted octanol–water partition coefficient (Wildman–Crippen LogP) is 2.42. The summed E-state index contributed by atoms with van der Waals surface area (Å²) < 4.78 is 12.6. The van der Waals surface area contributed by atoms with Crippen LogP contribution in [0.15, 0.2) is 24.3 Å². The first-order valence-electron chi connectivity index (χ1n) is 4.63. The molecule has 0 radical (unpaired) electrons. The lowest BCUT2D eigenvalue weighted by molar-refractivity contribution is -0.119. The van der Waals surface area contributed by atoms with Crippen molar-refractivity contribution in [3.05, 3.63) is 30.1 Å². The molecular weight excluding hydrogens is 193 g/mol. The quantitative estimate of drug-likeness (QED) is 0.754. The van der Waals surface area contributed by atoms with Gasteiger partial charge in [0.2, 0.25) is 5.91 Å². The molecule has 1 amide bonds. The van der Waals surface area contributed by atoms with Crippen LogP contribution < -0.4 is 5.32 Å². The molecule has 0 saturated heterocycles. The summed E-state index contributed by atoms with van der Waals surface area (Å²) in [6.07, 6.45) is 5.50. The molecule has 3 heteroatoms. The van der Waals surface area contributed by atoms with Crippen LogP contribution in [0.1, 0.15) is 13.3 Å². The Labute approximate surface area is 88.5 Å². The number of nitrogens with one attached hydrogen (secondary N) is 1. The van der Waals surface area contributed by atoms with E-state index in [9.17, 15) is 9.18 Å². The van der Waals surface area contributed by atoms with Crippen LogP contribution in [0.25, 0.3) is 0 Å². The largest absolute Gasteiger partial charge is 0.326 e. The molecule has 0 aliphatic carbocycles. The van der Waals surface area contributed by atoms with Gasteiger partial charge in [0.1, 0.15) is 5.82 Å². The van der Waals surface area contributed by atoms with Crippen LogP contribution in [0, 0.1) is 24.1 Å². The summed E-state index contributed by atoms with van der Waals surface area (Å²) in [5, 5.41) is 2.65. The van der Waals surface area contributed by atoms with Crippen molar-refractivity contribution in [2.45, 2.75) is 13.3 Å². The van der Waals surface area contributed by atoms with Crippen LogP contribution in [0.3, 0.4) is 0 Å². The minimum atomic E-state index is -0.329. The summed E-state index contributed by atoms with van der Waals surface area (Å²) in [6, 6.07) is 5.61. The average Bonchev–Trinajstić information content (AvgIpc) is 2.22. The second kappa shape index (κ2) is 5.16. The molecule has 2 nitrogen and oxygen atoms in total. The van der Waals surface area contributed by atoms with E-state index in [2.05, 4.69) is 11.2 Å². The maximum absolute atomic E-state index is 12.6. The highest BCUT2D eigenvalue weighted by molar-refractivity contribution is 5.92. The van der Waals surface area contributed by atoms with E-state index in [0.717, 1.165) is 0 Å². The Morgan fingerprint density at radius 2 is 2.13 bits per heavy atom. The number of carbonyl (C=O) groups is 1. The number of amides is 1. The Balaban J connectivity index is 2.59. The van der Waals surface area contributed by atoms with E-state index in [-0.39, 0.29) is 17.6 Å². The molecule has 0 heterocycles. The van der Waals surface area contributed by atoms with Gasteiger partial charge in [0.05, 0.1) is 0 Å². The number of terminal acetylenes is 1. The van der Waals surface area contributed by atoms with Gasteiger partial charge in [-0.15, -0.1) is 12.3 Å². The molecular formula is C12H12FNO. The summed E-state index contributed by atoms with van der Waals surface area (Å²) in [7, 11) is 0. The summed E-state index contributed by atoms with van der Waals surface area (Å²) in [5.41, 5.74) is 0.574. The zero-order chi connectivity index (χ0) is 11.3. The standard InChI is InChI=1S/C12H12FNO/c1-3-4-9(2)12(15)14-11-7-5-10(13)6-8-11/h1,5-9H,4H2,2H3,(H,14,15). The lowest BCUT2D eigenvalue weighted by Gasteiger charge is -2.09. The number of hydrogen-bond acceptors (Lipinski definition) is 1. The number of benzene rings is 1. The molecule has 0 bridgehead atoms. The van der Waals surface area contributed by atoms with Gasteiger partial charge in [-0.3, -0.25) is 4.79 Å². The second-order valence-corrected chi connectivity index (χ2v) is 3.31. The molecule has 0 spiro atoms. The van der Waals surface area contributed by atoms with Crippen LogP contribution in [0.2, 0.25) is 0 Å². The summed E-state index contributed by atoms with van der Waals surface area (Å²) in [5.74, 6) is 1.70. The van der Waals surface area contributed by atoms with Crippen molar-refractivity contribution in [1.82, 2.24) is 0 Å². The van der Waals surface area contributed by atoms with Gasteiger partial charge in [0.15, 0.2) is 0 Å². The Kier molecular flexibility index (Phi) is 3.87. The number of carbonyl (C=O) groups excluding carboxylic acids is 1. The van der Waals surface area contributed by atoms with Gasteiger partial charge >= 0.3 is 0 Å². The van der Waals surface area contributed by atoms with Gasteiger partial charge in [0, 0.05) is 18.0 Å². The zero-order valence-corrected chi connectivity index (χ0v) is 8.46. The third kappa shape index (κ3) is 3.43. The minimum absolute atomic E-state index is 0.153. The van der Waals surface area contributed by atoms with E-state index >= 15 is 0 Å². The average molecular weight is 205 g/mol. The molecule has 1 aromatic carbocycles. The fourth-order valence-corrected chi connectivity index (χ4v) is 1.07. The van der Waals surface area contributed by atoms with E-state index in [1.54, 1.807) is 6.92 Å². The van der Waals surface area contributed by atoms with Gasteiger partial charge in [-0.05, 0) is 24.3 Å². The van der Waals surface area contributed by atoms with Crippen molar-refractivity contribution in [2.24, 2.45) is 5.92 Å². The van der Waals surface area contributed by atoms with Gasteiger partial charge < -0.3 is 5.32 Å². The molecule has 0 aliphatic heterocycles. The molecule has 1 unspecified atom stereocenters. The summed E-state index contributed by atoms with van der Waals surface area (Å²) >= 11 is 0. The number of anilines is 1. The van der Waals surface area contributed by atoms with Crippen molar-refractivity contribution in [3.63, 3.8) is 0 Å². The Hall–Kier alpha value is -1.82. The molecule has 1 rings (SSSR count). The van der Waals surface area contributed by atoms with E-state index in [1.165, 1.54) is 24.3 Å². The molecule has 0 aromatic heterocycles. The Bertz CT molecular complexity index is 378. The van der Waals surface area contributed by atoms with Crippen LogP contribution in [0.5, 0.6) is 0 Å². The first-order chi connectivity index (χ1) is 7.13. The van der Waals surface area contributed by atoms with Gasteiger partial charge in [-0.1, -0.05) is 6.92 Å². The van der Waals surface area contributed by atoms with Crippen LogP contribution in [-0.2, 0) is 4.79 Å². The monoisotopic (exact) mass is 205 g/mol. The Morgan fingerprint density at radius 3 is 2.67 bits per heavy atom. The van der Waals surface area contributed by atoms with E-state index in [1.807, 2.05) is 0 Å². The highest BCUT2D eigenvalue weighted by Crippen LogP contribution is 2.11. The minimum Gasteiger partial charge on any atom is -0.326 e. The Morgan fingerprint density at radius 1 is 1.53 bits per heavy atom. The van der Waals surface area contributed by atoms with Crippen LogP contribution in [-0.4, -0.2) is 5.91 Å². The summed E-state index contributed by atoms with van der Waals surface area (Å²) in [4.78, 5) is 11.5. The molecule has 1 aromatic rings. The second-order valence-electron chi connectivity index (χ2n) is 3.31. The molecule has 1 atom stereocenters. The highest BCUT2D eigenvalue weighted by Gasteiger charge is 2.11. The summed E-state index contributed by atoms with van der Waals surface area (Å²) in [6.45, 7) is 1.75. The van der Waals surface area contributed by atoms with E-state index in [0.29, 0.717) is 12.1 Å². The molecule has 0 saturated carbocycles. The van der Waals surface area contributed by atoms with Crippen molar-refractivity contribution in [3.8, 4) is 12.3 Å². The fourth-order valence-electron chi connectivity index (χ4n) is 1.07. The topological polar surface area (TPSA) is 29.1 Å². The van der Waals surface area contributed by atoms with Crippen molar-refractivity contribution >= 4 is 11.6 Å². The molecule has 78 valence electrons. The van der Waals surface area contributed by atoms with Gasteiger partial charge in [0.25, 0.3) is 0 Å². The predicted molar refractivity (Wildman–Crippen MR) is 57.6 cm³/mol. The first kappa shape index (κ1) is 11.3. The molecule has 15 heavy (non-hydrogen) atoms. The van der Waals surface area contributed by atoms with Gasteiger partial charge in [-0.25, -0.2) is 4.39 Å². The van der Waals surface area contributed by atoms with Gasteiger partial charge in [-0.2, -0.15) is 0 Å². The maximum Gasteiger partial charge on any atom is 0.228 e. The molecule has 0 fully saturated rings. The maximum atomic E-state index is 12.6. The number of halogens is 1. The third-order valence-electron chi connectivity index (χ3n) is 1.98.